The second-order valence-electron chi connectivity index (χ2n) is 14.4. The van der Waals surface area contributed by atoms with Gasteiger partial charge in [-0.3, -0.25) is 9.59 Å². The van der Waals surface area contributed by atoms with Crippen molar-refractivity contribution in [2.24, 2.45) is 11.8 Å². The van der Waals surface area contributed by atoms with Gasteiger partial charge in [0.1, 0.15) is 0 Å². The number of fused-ring (bicyclic) bond motifs is 1. The molecule has 6 rings (SSSR count). The van der Waals surface area contributed by atoms with Gasteiger partial charge in [-0.25, -0.2) is 4.79 Å². The first kappa shape index (κ1) is 36.3. The van der Waals surface area contributed by atoms with Crippen LogP contribution in [0.2, 0.25) is 5.02 Å². The van der Waals surface area contributed by atoms with Crippen molar-refractivity contribution in [1.29, 1.82) is 0 Å². The average Bonchev–Trinajstić information content (AvgIpc) is 3.56. The van der Waals surface area contributed by atoms with Gasteiger partial charge in [0.15, 0.2) is 0 Å². The number of amides is 4. The van der Waals surface area contributed by atoms with E-state index in [0.717, 1.165) is 43.1 Å². The number of hydrogen-bond donors (Lipinski definition) is 3. The third-order valence-electron chi connectivity index (χ3n) is 11.1. The number of nitrogens with one attached hydrogen (secondary N) is 2. The molecule has 2 aromatic rings. The van der Waals surface area contributed by atoms with Crippen molar-refractivity contribution < 1.29 is 27.6 Å². The van der Waals surface area contributed by atoms with Gasteiger partial charge in [-0.1, -0.05) is 42.6 Å². The summed E-state index contributed by atoms with van der Waals surface area (Å²) in [4.78, 5) is 46.2. The Bertz CT molecular complexity index is 1530. The summed E-state index contributed by atoms with van der Waals surface area (Å²) in [6.07, 6.45) is 3.65. The number of nitrogens with zero attached hydrogens (tertiary/aromatic N) is 3. The number of carbonyl (C=O) groups excluding carboxylic acids is 3. The van der Waals surface area contributed by atoms with E-state index >= 15 is 0 Å². The summed E-state index contributed by atoms with van der Waals surface area (Å²) in [5.41, 5.74) is 6.19. The molecule has 0 aromatic heterocycles. The van der Waals surface area contributed by atoms with Crippen LogP contribution >= 0.6 is 11.6 Å². The number of rotatable bonds is 9. The van der Waals surface area contributed by atoms with Gasteiger partial charge in [0, 0.05) is 56.9 Å². The first-order chi connectivity index (χ1) is 24.0. The van der Waals surface area contributed by atoms with Crippen molar-refractivity contribution in [3.05, 3.63) is 58.1 Å². The predicted octanol–water partition coefficient (Wildman–Crippen LogP) is 6.34. The monoisotopic (exact) mass is 716 g/mol. The van der Waals surface area contributed by atoms with Crippen LogP contribution in [0.5, 0.6) is 0 Å². The topological polar surface area (TPSA) is 111 Å². The van der Waals surface area contributed by atoms with Crippen LogP contribution in [0, 0.1) is 11.8 Å². The molecule has 13 heteroatoms. The summed E-state index contributed by atoms with van der Waals surface area (Å²) in [6, 6.07) is 10.2. The number of hydrogen-bond acceptors (Lipinski definition) is 5. The maximum Gasteiger partial charge on any atom is 0.418 e. The Morgan fingerprint density at radius 2 is 1.64 bits per heavy atom. The van der Waals surface area contributed by atoms with Crippen molar-refractivity contribution >= 4 is 40.8 Å². The highest BCUT2D eigenvalue weighted by molar-refractivity contribution is 6.33. The summed E-state index contributed by atoms with van der Waals surface area (Å²) in [6.45, 7) is 3.46. The zero-order valence-electron chi connectivity index (χ0n) is 28.4. The molecule has 3 heterocycles. The molecule has 1 aliphatic carbocycles. The van der Waals surface area contributed by atoms with Crippen molar-refractivity contribution in [2.45, 2.75) is 88.9 Å². The number of halogens is 4. The Labute approximate surface area is 297 Å². The number of benzene rings is 2. The molecule has 4 amide bonds. The minimum Gasteiger partial charge on any atom is -0.397 e. The first-order valence-electron chi connectivity index (χ1n) is 18.1. The van der Waals surface area contributed by atoms with Gasteiger partial charge in [-0.15, -0.1) is 0 Å². The van der Waals surface area contributed by atoms with Crippen LogP contribution in [0.1, 0.15) is 74.5 Å². The lowest BCUT2D eigenvalue weighted by Crippen LogP contribution is -2.51. The van der Waals surface area contributed by atoms with Crippen LogP contribution in [0.4, 0.5) is 29.3 Å². The van der Waals surface area contributed by atoms with E-state index < -0.39 is 23.3 Å². The number of likely N-dealkylation sites (tertiary alicyclic amines) is 2. The third kappa shape index (κ3) is 8.67. The van der Waals surface area contributed by atoms with Gasteiger partial charge in [0.05, 0.1) is 22.2 Å². The second kappa shape index (κ2) is 15.8. The minimum absolute atomic E-state index is 0.0351. The lowest BCUT2D eigenvalue weighted by molar-refractivity contribution is -0.142. The number of alkyl halides is 3. The molecule has 1 atom stereocenters. The SMILES string of the molecule is Nc1c(Cl)cc(C[C@@H](CC(=O)N2CCC(N3CCc4ccccc4NC3=O)CC2)C(=O)N2CCC(NCC3CCCC3)CC2)cc1C(F)(F)F. The van der Waals surface area contributed by atoms with Gasteiger partial charge in [0.2, 0.25) is 11.8 Å². The van der Waals surface area contributed by atoms with E-state index in [9.17, 15) is 27.6 Å². The number of para-hydroxylation sites is 1. The normalized spacial score (nSPS) is 20.4. The highest BCUT2D eigenvalue weighted by Gasteiger charge is 2.37. The number of piperidine rings is 2. The fourth-order valence-corrected chi connectivity index (χ4v) is 8.41. The van der Waals surface area contributed by atoms with Gasteiger partial charge in [0.25, 0.3) is 0 Å². The molecule has 3 fully saturated rings. The lowest BCUT2D eigenvalue weighted by Gasteiger charge is -2.39. The molecular weight excluding hydrogens is 669 g/mol. The molecular formula is C37H48ClF3N6O3. The minimum atomic E-state index is -4.72. The molecule has 3 aliphatic heterocycles. The number of carbonyl (C=O) groups is 3. The Kier molecular flexibility index (Phi) is 11.5. The largest absolute Gasteiger partial charge is 0.418 e. The highest BCUT2D eigenvalue weighted by Crippen LogP contribution is 2.38. The van der Waals surface area contributed by atoms with Gasteiger partial charge < -0.3 is 31.1 Å². The molecule has 4 N–H and O–H groups in total. The number of urea groups is 1. The van der Waals surface area contributed by atoms with Crippen molar-refractivity contribution in [3.8, 4) is 0 Å². The zero-order valence-corrected chi connectivity index (χ0v) is 29.2. The molecule has 0 spiro atoms. The van der Waals surface area contributed by atoms with Gasteiger partial charge in [-0.2, -0.15) is 13.2 Å². The maximum absolute atomic E-state index is 14.1. The van der Waals surface area contributed by atoms with Crippen LogP contribution in [0.3, 0.4) is 0 Å². The van der Waals surface area contributed by atoms with Crippen LogP contribution in [0.15, 0.2) is 36.4 Å². The Hall–Kier alpha value is -3.51. The van der Waals surface area contributed by atoms with E-state index in [1.807, 2.05) is 29.2 Å². The van der Waals surface area contributed by atoms with E-state index in [1.54, 1.807) is 9.80 Å². The van der Waals surface area contributed by atoms with Crippen molar-refractivity contribution in [2.75, 3.05) is 50.3 Å². The molecule has 0 bridgehead atoms. The van der Waals surface area contributed by atoms with E-state index in [2.05, 4.69) is 10.6 Å². The molecule has 2 aromatic carbocycles. The van der Waals surface area contributed by atoms with Crippen molar-refractivity contribution in [1.82, 2.24) is 20.0 Å². The van der Waals surface area contributed by atoms with E-state index in [1.165, 1.54) is 31.7 Å². The van der Waals surface area contributed by atoms with Gasteiger partial charge >= 0.3 is 12.2 Å². The quantitative estimate of drug-likeness (QED) is 0.263. The van der Waals surface area contributed by atoms with Crippen LogP contribution in [0.25, 0.3) is 0 Å². The third-order valence-corrected chi connectivity index (χ3v) is 11.4. The number of nitrogens with two attached hydrogens (primary N) is 1. The van der Waals surface area contributed by atoms with Crippen LogP contribution in [-0.4, -0.2) is 83.9 Å². The maximum atomic E-state index is 14.1. The van der Waals surface area contributed by atoms with Crippen LogP contribution in [-0.2, 0) is 28.6 Å². The second-order valence-corrected chi connectivity index (χ2v) is 14.8. The smallest absolute Gasteiger partial charge is 0.397 e. The molecule has 0 radical (unpaired) electrons. The Morgan fingerprint density at radius 1 is 0.960 bits per heavy atom. The van der Waals surface area contributed by atoms with Gasteiger partial charge in [-0.05, 0) is 93.2 Å². The zero-order chi connectivity index (χ0) is 35.4. The van der Waals surface area contributed by atoms with Crippen LogP contribution < -0.4 is 16.4 Å². The lowest BCUT2D eigenvalue weighted by atomic mass is 9.91. The number of anilines is 2. The fraction of sp³-hybridized carbons (Fsp3) is 0.595. The molecule has 1 saturated carbocycles. The highest BCUT2D eigenvalue weighted by atomic mass is 35.5. The van der Waals surface area contributed by atoms with Crippen molar-refractivity contribution in [3.63, 3.8) is 0 Å². The van der Waals surface area contributed by atoms with E-state index in [0.29, 0.717) is 57.5 Å². The summed E-state index contributed by atoms with van der Waals surface area (Å²) in [5.74, 6) is -0.606. The number of nitrogen functional groups attached to an aromatic ring is 1. The summed E-state index contributed by atoms with van der Waals surface area (Å²) < 4.78 is 41.5. The molecule has 272 valence electrons. The molecule has 50 heavy (non-hydrogen) atoms. The fourth-order valence-electron chi connectivity index (χ4n) is 8.17. The first-order valence-corrected chi connectivity index (χ1v) is 18.4. The Balaban J connectivity index is 1.10. The molecule has 4 aliphatic rings. The van der Waals surface area contributed by atoms with E-state index in [-0.39, 0.29) is 47.3 Å². The molecule has 0 unspecified atom stereocenters. The average molecular weight is 717 g/mol. The summed E-state index contributed by atoms with van der Waals surface area (Å²) in [5, 5.41) is 6.46. The Morgan fingerprint density at radius 3 is 2.34 bits per heavy atom. The predicted molar refractivity (Wildman–Crippen MR) is 188 cm³/mol. The molecule has 9 nitrogen and oxygen atoms in total. The molecule has 2 saturated heterocycles. The van der Waals surface area contributed by atoms with E-state index in [4.69, 9.17) is 17.3 Å². The summed E-state index contributed by atoms with van der Waals surface area (Å²) >= 11 is 6.15. The summed E-state index contributed by atoms with van der Waals surface area (Å²) in [7, 11) is 0. The standard InChI is InChI=1S/C37H48ClF3N6O3/c38-31-21-25(20-30(34(31)42)37(39,40)41)19-27(35(49)46-14-10-28(11-15-46)43-23-24-5-1-2-6-24)22-33(48)45-16-12-29(13-17-45)47-18-9-26-7-3-4-8-32(26)44-36(47)50/h3-4,7-8,20-21,24,27-29,43H,1-2,5-6,9-19,22-23,42H2,(H,44,50)/t27-/m0/s1.